The molecule has 1 heterocycles. The number of anilines is 1. The van der Waals surface area contributed by atoms with Crippen molar-refractivity contribution in [2.45, 2.75) is 30.7 Å². The maximum atomic E-state index is 13.4. The van der Waals surface area contributed by atoms with Gasteiger partial charge in [0.15, 0.2) is 0 Å². The van der Waals surface area contributed by atoms with Gasteiger partial charge in [-0.1, -0.05) is 54.6 Å². The molecule has 7 heteroatoms. The minimum absolute atomic E-state index is 0.127. The summed E-state index contributed by atoms with van der Waals surface area (Å²) in [4.78, 5) is 18.8. The van der Waals surface area contributed by atoms with Gasteiger partial charge in [-0.2, -0.15) is 0 Å². The molecular weight excluding hydrogens is 482 g/mol. The van der Waals surface area contributed by atoms with Gasteiger partial charge < -0.3 is 4.90 Å². The highest BCUT2D eigenvalue weighted by Gasteiger charge is 2.19. The quantitative estimate of drug-likeness (QED) is 0.292. The maximum Gasteiger partial charge on any atom is 0.262 e. The molecule has 6 nitrogen and oxygen atoms in total. The predicted octanol–water partition coefficient (Wildman–Crippen LogP) is 5.36. The first kappa shape index (κ1) is 26.3. The van der Waals surface area contributed by atoms with Crippen LogP contribution < -0.4 is 4.72 Å². The number of nitrogens with zero attached hydrogens (tertiary/aromatic N) is 2. The van der Waals surface area contributed by atoms with Crippen LogP contribution >= 0.6 is 0 Å². The Labute approximate surface area is 219 Å². The fourth-order valence-electron chi connectivity index (χ4n) is 4.19. The van der Waals surface area contributed by atoms with Gasteiger partial charge in [0.25, 0.3) is 10.0 Å². The van der Waals surface area contributed by atoms with Gasteiger partial charge in [0.2, 0.25) is 0 Å². The molecule has 4 aromatic rings. The number of benzene rings is 3. The van der Waals surface area contributed by atoms with Crippen LogP contribution in [0.2, 0.25) is 0 Å². The zero-order valence-corrected chi connectivity index (χ0v) is 21.9. The van der Waals surface area contributed by atoms with E-state index in [1.807, 2.05) is 62.6 Å². The van der Waals surface area contributed by atoms with Gasteiger partial charge in [-0.25, -0.2) is 8.42 Å². The first-order valence-corrected chi connectivity index (χ1v) is 13.6. The smallest absolute Gasteiger partial charge is 0.262 e. The van der Waals surface area contributed by atoms with Gasteiger partial charge in [0.05, 0.1) is 4.90 Å². The first-order chi connectivity index (χ1) is 17.8. The van der Waals surface area contributed by atoms with E-state index >= 15 is 0 Å². The standard InChI is InChI=1S/C30H31N3O3S/c1-33(2)22-25-7-5-9-26(19-25)29-10-3-4-11-30(29)37(35,36)32-27-15-12-23(13-16-27)20-28(34)17-14-24-8-6-18-31-21-24/h3-13,15-16,18-19,21,32H,14,17,20,22H2,1-2H3. The maximum absolute atomic E-state index is 13.4. The van der Waals surface area contributed by atoms with E-state index in [1.165, 1.54) is 0 Å². The van der Waals surface area contributed by atoms with Crippen LogP contribution in [0.4, 0.5) is 5.69 Å². The molecular formula is C30H31N3O3S. The second kappa shape index (κ2) is 12.0. The number of hydrogen-bond donors (Lipinski definition) is 1. The van der Waals surface area contributed by atoms with E-state index < -0.39 is 10.0 Å². The van der Waals surface area contributed by atoms with E-state index in [-0.39, 0.29) is 10.7 Å². The third-order valence-electron chi connectivity index (χ3n) is 5.94. The summed E-state index contributed by atoms with van der Waals surface area (Å²) in [6.07, 6.45) is 4.88. The van der Waals surface area contributed by atoms with E-state index in [9.17, 15) is 13.2 Å². The van der Waals surface area contributed by atoms with E-state index in [4.69, 9.17) is 0 Å². The number of pyridine rings is 1. The van der Waals surface area contributed by atoms with Gasteiger partial charge in [-0.05, 0) is 73.1 Å². The molecule has 0 saturated heterocycles. The zero-order valence-electron chi connectivity index (χ0n) is 21.1. The molecule has 1 N–H and O–H groups in total. The molecule has 37 heavy (non-hydrogen) atoms. The largest absolute Gasteiger partial charge is 0.305 e. The molecule has 0 aliphatic heterocycles. The van der Waals surface area contributed by atoms with Crippen molar-refractivity contribution in [3.8, 4) is 11.1 Å². The van der Waals surface area contributed by atoms with Crippen LogP contribution in [0.1, 0.15) is 23.1 Å². The molecule has 0 radical (unpaired) electrons. The summed E-state index contributed by atoms with van der Waals surface area (Å²) in [6.45, 7) is 0.763. The van der Waals surface area contributed by atoms with Gasteiger partial charge in [0.1, 0.15) is 5.78 Å². The van der Waals surface area contributed by atoms with Crippen molar-refractivity contribution in [2.75, 3.05) is 18.8 Å². The minimum atomic E-state index is -3.84. The van der Waals surface area contributed by atoms with Crippen LogP contribution in [0.15, 0.2) is 102 Å². The van der Waals surface area contributed by atoms with Gasteiger partial charge >= 0.3 is 0 Å². The molecule has 1 aromatic heterocycles. The van der Waals surface area contributed by atoms with E-state index in [2.05, 4.69) is 14.6 Å². The Balaban J connectivity index is 1.45. The van der Waals surface area contributed by atoms with Gasteiger partial charge in [-0.15, -0.1) is 0 Å². The van der Waals surface area contributed by atoms with Crippen molar-refractivity contribution < 1.29 is 13.2 Å². The molecule has 3 aromatic carbocycles. The van der Waals surface area contributed by atoms with Crippen LogP contribution in [-0.4, -0.2) is 38.2 Å². The molecule has 0 spiro atoms. The average molecular weight is 514 g/mol. The van der Waals surface area contributed by atoms with Gasteiger partial charge in [0, 0.05) is 43.0 Å². The van der Waals surface area contributed by atoms with Gasteiger partial charge in [-0.3, -0.25) is 14.5 Å². The number of hydrogen-bond acceptors (Lipinski definition) is 5. The predicted molar refractivity (Wildman–Crippen MR) is 148 cm³/mol. The van der Waals surface area contributed by atoms with E-state index in [1.54, 1.807) is 48.8 Å². The van der Waals surface area contributed by atoms with Crippen LogP contribution in [0.5, 0.6) is 0 Å². The Morgan fingerprint density at radius 1 is 0.865 bits per heavy atom. The molecule has 0 aliphatic carbocycles. The van der Waals surface area contributed by atoms with Crippen molar-refractivity contribution in [2.24, 2.45) is 0 Å². The third-order valence-corrected chi connectivity index (χ3v) is 7.38. The lowest BCUT2D eigenvalue weighted by Crippen LogP contribution is -2.14. The topological polar surface area (TPSA) is 79.4 Å². The highest BCUT2D eigenvalue weighted by atomic mass is 32.2. The van der Waals surface area contributed by atoms with Crippen molar-refractivity contribution in [1.82, 2.24) is 9.88 Å². The highest BCUT2D eigenvalue weighted by molar-refractivity contribution is 7.92. The number of carbonyl (C=O) groups is 1. The van der Waals surface area contributed by atoms with Crippen molar-refractivity contribution >= 4 is 21.5 Å². The number of sulfonamides is 1. The Kier molecular flexibility index (Phi) is 8.48. The monoisotopic (exact) mass is 513 g/mol. The summed E-state index contributed by atoms with van der Waals surface area (Å²) < 4.78 is 29.4. The summed E-state index contributed by atoms with van der Waals surface area (Å²) in [6, 6.07) is 25.7. The number of rotatable bonds is 11. The number of ketones is 1. The molecule has 0 atom stereocenters. The SMILES string of the molecule is CN(C)Cc1cccc(-c2ccccc2S(=O)(=O)Nc2ccc(CC(=O)CCc3cccnc3)cc2)c1. The lowest BCUT2D eigenvalue weighted by atomic mass is 10.0. The average Bonchev–Trinajstić information content (AvgIpc) is 2.89. The van der Waals surface area contributed by atoms with Crippen LogP contribution in [-0.2, 0) is 34.2 Å². The molecule has 0 aliphatic rings. The molecule has 0 fully saturated rings. The van der Waals surface area contributed by atoms with Crippen LogP contribution in [0.3, 0.4) is 0 Å². The minimum Gasteiger partial charge on any atom is -0.305 e. The van der Waals surface area contributed by atoms with E-state index in [0.29, 0.717) is 30.5 Å². The number of nitrogens with one attached hydrogen (secondary N) is 1. The highest BCUT2D eigenvalue weighted by Crippen LogP contribution is 2.29. The molecule has 0 saturated carbocycles. The number of aryl methyl sites for hydroxylation is 1. The molecule has 0 unspecified atom stereocenters. The second-order valence-corrected chi connectivity index (χ2v) is 11.0. The molecule has 4 rings (SSSR count). The number of carbonyl (C=O) groups excluding carboxylic acids is 1. The fourth-order valence-corrected chi connectivity index (χ4v) is 5.48. The zero-order chi connectivity index (χ0) is 26.3. The first-order valence-electron chi connectivity index (χ1n) is 12.2. The molecule has 190 valence electrons. The van der Waals surface area contributed by atoms with Crippen molar-refractivity contribution in [3.05, 3.63) is 114 Å². The lowest BCUT2D eigenvalue weighted by molar-refractivity contribution is -0.118. The Morgan fingerprint density at radius 2 is 1.62 bits per heavy atom. The molecule has 0 bridgehead atoms. The lowest BCUT2D eigenvalue weighted by Gasteiger charge is -2.15. The molecule has 0 amide bonds. The summed E-state index contributed by atoms with van der Waals surface area (Å²) in [5.41, 5.74) is 4.92. The summed E-state index contributed by atoms with van der Waals surface area (Å²) in [5, 5.41) is 0. The Bertz CT molecular complexity index is 1450. The van der Waals surface area contributed by atoms with Crippen molar-refractivity contribution in [1.29, 1.82) is 0 Å². The van der Waals surface area contributed by atoms with Crippen LogP contribution in [0.25, 0.3) is 11.1 Å². The normalized spacial score (nSPS) is 11.4. The number of aromatic nitrogens is 1. The Morgan fingerprint density at radius 3 is 2.35 bits per heavy atom. The Hall–Kier alpha value is -3.81. The summed E-state index contributed by atoms with van der Waals surface area (Å²) in [5.74, 6) is 0.127. The number of Topliss-reactive ketones (excluding diaryl/α,β-unsaturated/α-hetero) is 1. The van der Waals surface area contributed by atoms with E-state index in [0.717, 1.165) is 28.8 Å². The second-order valence-electron chi connectivity index (χ2n) is 9.31. The third kappa shape index (κ3) is 7.35. The van der Waals surface area contributed by atoms with Crippen LogP contribution in [0, 0.1) is 0 Å². The summed E-state index contributed by atoms with van der Waals surface area (Å²) >= 11 is 0. The fraction of sp³-hybridized carbons (Fsp3) is 0.200. The summed E-state index contributed by atoms with van der Waals surface area (Å²) in [7, 11) is 0.161. The van der Waals surface area contributed by atoms with Crippen molar-refractivity contribution in [3.63, 3.8) is 0 Å².